The van der Waals surface area contributed by atoms with Gasteiger partial charge in [0, 0.05) is 24.7 Å². The maximum absolute atomic E-state index is 12.9. The number of hydrogen-bond acceptors (Lipinski definition) is 4. The van der Waals surface area contributed by atoms with Crippen LogP contribution in [-0.2, 0) is 11.3 Å². The summed E-state index contributed by atoms with van der Waals surface area (Å²) in [5, 5.41) is 1.69. The van der Waals surface area contributed by atoms with Gasteiger partial charge in [-0.25, -0.2) is 4.98 Å². The van der Waals surface area contributed by atoms with Gasteiger partial charge in [0.1, 0.15) is 0 Å². The number of benzene rings is 1. The Balaban J connectivity index is 2.36. The molecule has 26 heavy (non-hydrogen) atoms. The van der Waals surface area contributed by atoms with E-state index < -0.39 is 0 Å². The summed E-state index contributed by atoms with van der Waals surface area (Å²) in [6.07, 6.45) is 3.04. The van der Waals surface area contributed by atoms with Gasteiger partial charge in [-0.2, -0.15) is 0 Å². The Labute approximate surface area is 163 Å². The molecule has 2 aromatic rings. The molecular weight excluding hydrogens is 370 g/mol. The van der Waals surface area contributed by atoms with Crippen LogP contribution in [0.5, 0.6) is 0 Å². The lowest BCUT2D eigenvalue weighted by atomic mass is 10.2. The maximum atomic E-state index is 12.9. The Kier molecular flexibility index (Phi) is 7.97. The lowest BCUT2D eigenvalue weighted by Gasteiger charge is -2.19. The molecule has 0 saturated heterocycles. The fourth-order valence-corrected chi connectivity index (χ4v) is 3.89. The van der Waals surface area contributed by atoms with Crippen molar-refractivity contribution < 1.29 is 4.79 Å². The highest BCUT2D eigenvalue weighted by atomic mass is 35.5. The van der Waals surface area contributed by atoms with Crippen molar-refractivity contribution in [3.8, 4) is 0 Å². The van der Waals surface area contributed by atoms with Gasteiger partial charge in [-0.05, 0) is 38.5 Å². The normalized spacial score (nSPS) is 11.1. The third-order valence-corrected chi connectivity index (χ3v) is 5.50. The molecule has 7 heteroatoms. The van der Waals surface area contributed by atoms with Gasteiger partial charge in [-0.15, -0.1) is 0 Å². The van der Waals surface area contributed by atoms with E-state index in [1.807, 2.05) is 13.8 Å². The zero-order valence-electron chi connectivity index (χ0n) is 15.6. The summed E-state index contributed by atoms with van der Waals surface area (Å²) >= 11 is 7.38. The molecule has 1 aromatic heterocycles. The monoisotopic (exact) mass is 395 g/mol. The SMILES string of the molecule is CCCCCn1c(SCC(=O)N(CC)CC)nc2cc(Cl)ccc2c1=O. The first-order chi connectivity index (χ1) is 12.5. The summed E-state index contributed by atoms with van der Waals surface area (Å²) in [5.41, 5.74) is 0.507. The average Bonchev–Trinajstić information content (AvgIpc) is 2.63. The second kappa shape index (κ2) is 9.97. The van der Waals surface area contributed by atoms with Crippen LogP contribution < -0.4 is 5.56 Å². The molecular formula is C19H26ClN3O2S. The summed E-state index contributed by atoms with van der Waals surface area (Å²) in [7, 11) is 0. The third-order valence-electron chi connectivity index (χ3n) is 4.31. The molecule has 0 N–H and O–H groups in total. The van der Waals surface area contributed by atoms with Gasteiger partial charge in [0.25, 0.3) is 5.56 Å². The number of carbonyl (C=O) groups excluding carboxylic acids is 1. The molecule has 1 amide bonds. The summed E-state index contributed by atoms with van der Waals surface area (Å²) in [6.45, 7) is 8.02. The Bertz CT molecular complexity index is 818. The van der Waals surface area contributed by atoms with E-state index in [0.717, 1.165) is 19.3 Å². The van der Waals surface area contributed by atoms with E-state index in [0.29, 0.717) is 40.7 Å². The van der Waals surface area contributed by atoms with E-state index in [2.05, 4.69) is 11.9 Å². The van der Waals surface area contributed by atoms with Crippen molar-refractivity contribution in [3.05, 3.63) is 33.6 Å². The quantitative estimate of drug-likeness (QED) is 0.362. The van der Waals surface area contributed by atoms with Gasteiger partial charge in [-0.3, -0.25) is 14.2 Å². The minimum atomic E-state index is -0.0689. The molecule has 0 spiro atoms. The zero-order chi connectivity index (χ0) is 19.1. The predicted octanol–water partition coefficient (Wildman–Crippen LogP) is 4.20. The zero-order valence-corrected chi connectivity index (χ0v) is 17.2. The van der Waals surface area contributed by atoms with Crippen molar-refractivity contribution >= 4 is 40.2 Å². The van der Waals surface area contributed by atoms with Crippen molar-refractivity contribution in [1.82, 2.24) is 14.5 Å². The molecule has 0 unspecified atom stereocenters. The van der Waals surface area contributed by atoms with Crippen LogP contribution in [0.3, 0.4) is 0 Å². The number of aromatic nitrogens is 2. The van der Waals surface area contributed by atoms with Crippen molar-refractivity contribution in [3.63, 3.8) is 0 Å². The highest BCUT2D eigenvalue weighted by molar-refractivity contribution is 7.99. The van der Waals surface area contributed by atoms with Gasteiger partial charge in [0.15, 0.2) is 5.16 Å². The molecule has 142 valence electrons. The second-order valence-corrected chi connectivity index (χ2v) is 7.45. The molecule has 0 fully saturated rings. The van der Waals surface area contributed by atoms with Crippen LogP contribution in [0.2, 0.25) is 5.02 Å². The fraction of sp³-hybridized carbons (Fsp3) is 0.526. The molecule has 1 aromatic carbocycles. The van der Waals surface area contributed by atoms with Crippen LogP contribution >= 0.6 is 23.4 Å². The van der Waals surface area contributed by atoms with Crippen molar-refractivity contribution in [2.24, 2.45) is 0 Å². The first-order valence-electron chi connectivity index (χ1n) is 9.12. The van der Waals surface area contributed by atoms with E-state index in [1.165, 1.54) is 11.8 Å². The van der Waals surface area contributed by atoms with E-state index >= 15 is 0 Å². The standard InChI is InChI=1S/C19H26ClN3O2S/c1-4-7-8-11-23-18(25)15-10-9-14(20)12-16(15)21-19(23)26-13-17(24)22(5-2)6-3/h9-10,12H,4-8,11,13H2,1-3H3. The number of halogens is 1. The van der Waals surface area contributed by atoms with Crippen LogP contribution in [0.15, 0.2) is 28.2 Å². The topological polar surface area (TPSA) is 55.2 Å². The molecule has 0 saturated carbocycles. The molecule has 0 aliphatic carbocycles. The van der Waals surface area contributed by atoms with Crippen LogP contribution in [0, 0.1) is 0 Å². The summed E-state index contributed by atoms with van der Waals surface area (Å²) in [5.74, 6) is 0.328. The van der Waals surface area contributed by atoms with E-state index in [-0.39, 0.29) is 17.2 Å². The van der Waals surface area contributed by atoms with Crippen LogP contribution in [0.1, 0.15) is 40.0 Å². The molecule has 0 aliphatic heterocycles. The molecule has 0 aliphatic rings. The van der Waals surface area contributed by atoms with Crippen molar-refractivity contribution in [2.75, 3.05) is 18.8 Å². The van der Waals surface area contributed by atoms with Gasteiger partial charge in [0.05, 0.1) is 16.7 Å². The number of fused-ring (bicyclic) bond motifs is 1. The maximum Gasteiger partial charge on any atom is 0.262 e. The molecule has 0 atom stereocenters. The molecule has 1 heterocycles. The number of rotatable bonds is 9. The van der Waals surface area contributed by atoms with Crippen molar-refractivity contribution in [1.29, 1.82) is 0 Å². The molecule has 5 nitrogen and oxygen atoms in total. The Morgan fingerprint density at radius 3 is 2.62 bits per heavy atom. The minimum absolute atomic E-state index is 0.0561. The van der Waals surface area contributed by atoms with Crippen molar-refractivity contribution in [2.45, 2.75) is 51.7 Å². The number of nitrogens with zero attached hydrogens (tertiary/aromatic N) is 3. The Hall–Kier alpha value is -1.53. The fourth-order valence-electron chi connectivity index (χ4n) is 2.79. The lowest BCUT2D eigenvalue weighted by molar-refractivity contribution is -0.127. The number of carbonyl (C=O) groups is 1. The second-order valence-electron chi connectivity index (χ2n) is 6.07. The van der Waals surface area contributed by atoms with Crippen LogP contribution in [0.4, 0.5) is 0 Å². The van der Waals surface area contributed by atoms with Gasteiger partial charge in [0.2, 0.25) is 5.91 Å². The first kappa shape index (κ1) is 20.8. The van der Waals surface area contributed by atoms with E-state index in [4.69, 9.17) is 11.6 Å². The third kappa shape index (κ3) is 5.01. The van der Waals surface area contributed by atoms with Crippen LogP contribution in [-0.4, -0.2) is 39.2 Å². The number of unbranched alkanes of at least 4 members (excludes halogenated alkanes) is 2. The summed E-state index contributed by atoms with van der Waals surface area (Å²) in [6, 6.07) is 5.13. The summed E-state index contributed by atoms with van der Waals surface area (Å²) < 4.78 is 1.70. The lowest BCUT2D eigenvalue weighted by Crippen LogP contribution is -2.32. The Morgan fingerprint density at radius 1 is 1.23 bits per heavy atom. The highest BCUT2D eigenvalue weighted by Crippen LogP contribution is 2.21. The number of hydrogen-bond donors (Lipinski definition) is 0. The highest BCUT2D eigenvalue weighted by Gasteiger charge is 2.15. The average molecular weight is 396 g/mol. The first-order valence-corrected chi connectivity index (χ1v) is 10.5. The number of amides is 1. The molecule has 0 bridgehead atoms. The van der Waals surface area contributed by atoms with Crippen LogP contribution in [0.25, 0.3) is 10.9 Å². The van der Waals surface area contributed by atoms with Gasteiger partial charge in [-0.1, -0.05) is 43.1 Å². The van der Waals surface area contributed by atoms with Gasteiger partial charge < -0.3 is 4.90 Å². The smallest absolute Gasteiger partial charge is 0.262 e. The van der Waals surface area contributed by atoms with Gasteiger partial charge >= 0.3 is 0 Å². The predicted molar refractivity (Wildman–Crippen MR) is 109 cm³/mol. The molecule has 0 radical (unpaired) electrons. The largest absolute Gasteiger partial charge is 0.343 e. The minimum Gasteiger partial charge on any atom is -0.343 e. The van der Waals surface area contributed by atoms with E-state index in [9.17, 15) is 9.59 Å². The molecule has 2 rings (SSSR count). The summed E-state index contributed by atoms with van der Waals surface area (Å²) in [4.78, 5) is 31.7. The van der Waals surface area contributed by atoms with E-state index in [1.54, 1.807) is 27.7 Å². The Morgan fingerprint density at radius 2 is 1.96 bits per heavy atom. The number of thioether (sulfide) groups is 1.